The Morgan fingerprint density at radius 2 is 2.03 bits per heavy atom. The minimum absolute atomic E-state index is 0.0346. The van der Waals surface area contributed by atoms with Crippen LogP contribution in [0.4, 0.5) is 10.8 Å². The van der Waals surface area contributed by atoms with Crippen LogP contribution in [0.1, 0.15) is 0 Å². The number of thiazole rings is 1. The minimum Gasteiger partial charge on any atom is -0.482 e. The Balaban J connectivity index is 1.42. The second kappa shape index (κ2) is 6.96. The van der Waals surface area contributed by atoms with Gasteiger partial charge in [0.05, 0.1) is 21.8 Å². The summed E-state index contributed by atoms with van der Waals surface area (Å²) in [6.45, 7) is -0.0346. The Kier molecular flexibility index (Phi) is 4.34. The summed E-state index contributed by atoms with van der Waals surface area (Å²) in [7, 11) is -2.41. The molecule has 1 aliphatic heterocycles. The van der Waals surface area contributed by atoms with Crippen molar-refractivity contribution < 1.29 is 22.4 Å². The summed E-state index contributed by atoms with van der Waals surface area (Å²) < 4.78 is 39.7. The average Bonchev–Trinajstić information content (AvgIpc) is 3.31. The first-order valence-corrected chi connectivity index (χ1v) is 11.3. The number of nitrogens with one attached hydrogen (secondary N) is 2. The molecular weight excluding hydrogens is 444 g/mol. The molecule has 0 saturated carbocycles. The highest BCUT2D eigenvalue weighted by molar-refractivity contribution is 7.93. The number of hydrogen-bond acceptors (Lipinski definition) is 8. The molecule has 158 valence electrons. The second-order valence-corrected chi connectivity index (χ2v) is 9.29. The van der Waals surface area contributed by atoms with Gasteiger partial charge in [-0.25, -0.2) is 18.2 Å². The zero-order valence-corrected chi connectivity index (χ0v) is 17.5. The number of oxazole rings is 1. The monoisotopic (exact) mass is 458 g/mol. The van der Waals surface area contributed by atoms with Crippen LogP contribution in [0.15, 0.2) is 55.9 Å². The maximum atomic E-state index is 12.8. The molecule has 0 bridgehead atoms. The van der Waals surface area contributed by atoms with E-state index in [1.54, 1.807) is 23.6 Å². The third kappa shape index (κ3) is 3.45. The largest absolute Gasteiger partial charge is 0.482 e. The standard InChI is InChI=1S/C19H14N4O6S2/c1-23-14-4-3-11(7-16(14)29-19(23)25)31(26,27)22-18-21-13(9-30-18)10-2-5-15-12(6-10)20-17(24)8-28-15/h2-7,9H,8H2,1H3,(H,20,24)(H,21,22). The summed E-state index contributed by atoms with van der Waals surface area (Å²) in [5.41, 5.74) is 2.42. The van der Waals surface area contributed by atoms with Gasteiger partial charge in [0.15, 0.2) is 17.3 Å². The number of benzene rings is 2. The molecule has 0 spiro atoms. The van der Waals surface area contributed by atoms with Gasteiger partial charge in [0, 0.05) is 24.1 Å². The quantitative estimate of drug-likeness (QED) is 0.480. The van der Waals surface area contributed by atoms with Crippen LogP contribution in [0.25, 0.3) is 22.4 Å². The number of anilines is 2. The van der Waals surface area contributed by atoms with Gasteiger partial charge in [-0.1, -0.05) is 0 Å². The molecular formula is C19H14N4O6S2. The van der Waals surface area contributed by atoms with Crippen LogP contribution in [-0.4, -0.2) is 30.5 Å². The molecule has 10 nitrogen and oxygen atoms in total. The number of amides is 1. The van der Waals surface area contributed by atoms with Crippen molar-refractivity contribution in [2.75, 3.05) is 16.6 Å². The fraction of sp³-hybridized carbons (Fsp3) is 0.105. The van der Waals surface area contributed by atoms with Gasteiger partial charge < -0.3 is 14.5 Å². The fourth-order valence-corrected chi connectivity index (χ4v) is 5.14. The van der Waals surface area contributed by atoms with E-state index >= 15 is 0 Å². The maximum absolute atomic E-state index is 12.8. The number of rotatable bonds is 4. The first kappa shape index (κ1) is 19.3. The lowest BCUT2D eigenvalue weighted by atomic mass is 10.1. The average molecular weight is 458 g/mol. The summed E-state index contributed by atoms with van der Waals surface area (Å²) in [6.07, 6.45) is 0. The molecule has 0 saturated heterocycles. The summed E-state index contributed by atoms with van der Waals surface area (Å²) in [6, 6.07) is 9.39. The number of fused-ring (bicyclic) bond motifs is 2. The van der Waals surface area contributed by atoms with Crippen molar-refractivity contribution in [1.82, 2.24) is 9.55 Å². The highest BCUT2D eigenvalue weighted by atomic mass is 32.2. The van der Waals surface area contributed by atoms with Crippen molar-refractivity contribution >= 4 is 49.2 Å². The number of hydrogen-bond donors (Lipinski definition) is 2. The van der Waals surface area contributed by atoms with Crippen molar-refractivity contribution in [2.24, 2.45) is 7.05 Å². The van der Waals surface area contributed by atoms with Gasteiger partial charge >= 0.3 is 5.76 Å². The zero-order chi connectivity index (χ0) is 21.8. The van der Waals surface area contributed by atoms with Gasteiger partial charge in [-0.15, -0.1) is 11.3 Å². The van der Waals surface area contributed by atoms with Gasteiger partial charge in [0.25, 0.3) is 15.9 Å². The molecule has 4 aromatic rings. The molecule has 1 aliphatic rings. The number of aryl methyl sites for hydroxylation is 1. The van der Waals surface area contributed by atoms with Gasteiger partial charge in [-0.3, -0.25) is 14.1 Å². The van der Waals surface area contributed by atoms with Gasteiger partial charge in [-0.05, 0) is 30.3 Å². The Labute approximate surface area is 179 Å². The van der Waals surface area contributed by atoms with Crippen molar-refractivity contribution in [2.45, 2.75) is 4.90 Å². The lowest BCUT2D eigenvalue weighted by Crippen LogP contribution is -2.25. The minimum atomic E-state index is -3.95. The van der Waals surface area contributed by atoms with Crippen molar-refractivity contribution in [3.05, 3.63) is 52.3 Å². The Bertz CT molecular complexity index is 1520. The lowest BCUT2D eigenvalue weighted by Gasteiger charge is -2.18. The molecule has 2 N–H and O–H groups in total. The second-order valence-electron chi connectivity index (χ2n) is 6.75. The van der Waals surface area contributed by atoms with Crippen LogP contribution in [0.3, 0.4) is 0 Å². The Morgan fingerprint density at radius 3 is 2.87 bits per heavy atom. The molecule has 0 aliphatic carbocycles. The van der Waals surface area contributed by atoms with Crippen LogP contribution in [0.2, 0.25) is 0 Å². The number of sulfonamides is 1. The topological polar surface area (TPSA) is 133 Å². The van der Waals surface area contributed by atoms with Crippen molar-refractivity contribution in [3.8, 4) is 17.0 Å². The van der Waals surface area contributed by atoms with E-state index in [2.05, 4.69) is 15.0 Å². The highest BCUT2D eigenvalue weighted by Gasteiger charge is 2.20. The van der Waals surface area contributed by atoms with Crippen LogP contribution in [-0.2, 0) is 21.9 Å². The highest BCUT2D eigenvalue weighted by Crippen LogP contribution is 2.34. The number of carbonyl (C=O) groups is 1. The number of nitrogens with zero attached hydrogens (tertiary/aromatic N) is 2. The third-order valence-electron chi connectivity index (χ3n) is 4.71. The van der Waals surface area contributed by atoms with E-state index in [0.29, 0.717) is 28.2 Å². The fourth-order valence-electron chi connectivity index (χ4n) is 3.15. The molecule has 0 fully saturated rings. The van der Waals surface area contributed by atoms with E-state index < -0.39 is 15.8 Å². The predicted octanol–water partition coefficient (Wildman–Crippen LogP) is 2.39. The summed E-state index contributed by atoms with van der Waals surface area (Å²) >= 11 is 1.12. The molecule has 31 heavy (non-hydrogen) atoms. The van der Waals surface area contributed by atoms with E-state index in [1.165, 1.54) is 29.8 Å². The number of carbonyl (C=O) groups excluding carboxylic acids is 1. The van der Waals surface area contributed by atoms with Crippen molar-refractivity contribution in [3.63, 3.8) is 0 Å². The van der Waals surface area contributed by atoms with Crippen molar-refractivity contribution in [1.29, 1.82) is 0 Å². The van der Waals surface area contributed by atoms with Crippen LogP contribution < -0.4 is 20.5 Å². The van der Waals surface area contributed by atoms with Crippen LogP contribution in [0.5, 0.6) is 5.75 Å². The van der Waals surface area contributed by atoms with E-state index in [0.717, 1.165) is 11.3 Å². The molecule has 0 atom stereocenters. The molecule has 0 unspecified atom stereocenters. The third-order valence-corrected chi connectivity index (χ3v) is 6.93. The maximum Gasteiger partial charge on any atom is 0.419 e. The Hall–Kier alpha value is -3.64. The molecule has 12 heteroatoms. The first-order valence-electron chi connectivity index (χ1n) is 8.95. The summed E-state index contributed by atoms with van der Waals surface area (Å²) in [5, 5.41) is 4.59. The van der Waals surface area contributed by atoms with Gasteiger partial charge in [0.2, 0.25) is 0 Å². The van der Waals surface area contributed by atoms with Crippen LogP contribution >= 0.6 is 11.3 Å². The zero-order valence-electron chi connectivity index (χ0n) is 15.9. The Morgan fingerprint density at radius 1 is 1.19 bits per heavy atom. The number of ether oxygens (including phenoxy) is 1. The lowest BCUT2D eigenvalue weighted by molar-refractivity contribution is -0.118. The number of aromatic nitrogens is 2. The molecule has 2 aromatic carbocycles. The summed E-state index contributed by atoms with van der Waals surface area (Å²) in [5.74, 6) is -0.265. The SMILES string of the molecule is Cn1c(=O)oc2cc(S(=O)(=O)Nc3nc(-c4ccc5c(c4)NC(=O)CO5)cs3)ccc21. The van der Waals surface area contributed by atoms with E-state index in [4.69, 9.17) is 9.15 Å². The van der Waals surface area contributed by atoms with Gasteiger partial charge in [0.1, 0.15) is 5.75 Å². The normalized spacial score (nSPS) is 13.5. The van der Waals surface area contributed by atoms with E-state index in [1.807, 2.05) is 0 Å². The molecule has 2 aromatic heterocycles. The van der Waals surface area contributed by atoms with Gasteiger partial charge in [-0.2, -0.15) is 0 Å². The molecule has 3 heterocycles. The predicted molar refractivity (Wildman–Crippen MR) is 114 cm³/mol. The van der Waals surface area contributed by atoms with E-state index in [-0.39, 0.29) is 28.1 Å². The molecule has 5 rings (SSSR count). The summed E-state index contributed by atoms with van der Waals surface area (Å²) in [4.78, 5) is 27.4. The smallest absolute Gasteiger partial charge is 0.419 e. The van der Waals surface area contributed by atoms with Crippen LogP contribution in [0, 0.1) is 0 Å². The first-order chi connectivity index (χ1) is 14.8. The molecule has 0 radical (unpaired) electrons. The van der Waals surface area contributed by atoms with E-state index in [9.17, 15) is 18.0 Å². The molecule has 1 amide bonds.